The van der Waals surface area contributed by atoms with E-state index in [2.05, 4.69) is 101 Å². The van der Waals surface area contributed by atoms with Crippen LogP contribution < -0.4 is 9.64 Å². The Hall–Kier alpha value is -2.81. The Morgan fingerprint density at radius 2 is 1.72 bits per heavy atom. The Kier molecular flexibility index (Phi) is 3.54. The van der Waals surface area contributed by atoms with Gasteiger partial charge in [-0.1, -0.05) is 63.2 Å². The van der Waals surface area contributed by atoms with E-state index < -0.39 is 5.72 Å². The summed E-state index contributed by atoms with van der Waals surface area (Å²) in [6.07, 6.45) is 2.01. The zero-order valence-electron chi connectivity index (χ0n) is 18.1. The van der Waals surface area contributed by atoms with E-state index in [0.717, 1.165) is 16.8 Å². The van der Waals surface area contributed by atoms with Crippen LogP contribution in [0.4, 0.5) is 11.4 Å². The van der Waals surface area contributed by atoms with E-state index in [0.29, 0.717) is 0 Å². The smallest absolute Gasteiger partial charge is 0.228 e. The zero-order chi connectivity index (χ0) is 20.6. The molecule has 1 atom stereocenters. The van der Waals surface area contributed by atoms with Crippen molar-refractivity contribution in [2.75, 3.05) is 11.9 Å². The lowest BCUT2D eigenvalue weighted by Gasteiger charge is -2.45. The van der Waals surface area contributed by atoms with Gasteiger partial charge in [0.1, 0.15) is 11.4 Å². The molecule has 0 saturated heterocycles. The maximum Gasteiger partial charge on any atom is 0.228 e. The van der Waals surface area contributed by atoms with Crippen molar-refractivity contribution in [1.29, 1.82) is 0 Å². The van der Waals surface area contributed by atoms with Gasteiger partial charge in [-0.25, -0.2) is 0 Å². The van der Waals surface area contributed by atoms with Gasteiger partial charge in [-0.15, -0.1) is 0 Å². The maximum absolute atomic E-state index is 6.77. The van der Waals surface area contributed by atoms with Gasteiger partial charge in [-0.05, 0) is 47.9 Å². The highest BCUT2D eigenvalue weighted by molar-refractivity contribution is 6.00. The topological polar surface area (TPSA) is 24.8 Å². The Labute approximate surface area is 173 Å². The van der Waals surface area contributed by atoms with Crippen LogP contribution in [-0.4, -0.2) is 19.0 Å². The molecule has 29 heavy (non-hydrogen) atoms. The molecule has 2 aliphatic rings. The molecule has 1 spiro atoms. The summed E-state index contributed by atoms with van der Waals surface area (Å²) >= 11 is 0. The molecule has 0 N–H and O–H groups in total. The second-order valence-electron chi connectivity index (χ2n) is 9.86. The average Bonchev–Trinajstić information content (AvgIpc) is 2.85. The van der Waals surface area contributed by atoms with Crippen LogP contribution in [0.5, 0.6) is 5.75 Å². The molecule has 148 valence electrons. The molecule has 5 rings (SSSR count). The van der Waals surface area contributed by atoms with Crippen LogP contribution in [0.25, 0.3) is 10.8 Å². The normalized spacial score (nSPS) is 21.9. The molecule has 3 aromatic carbocycles. The second kappa shape index (κ2) is 5.63. The van der Waals surface area contributed by atoms with Crippen molar-refractivity contribution in [2.45, 2.75) is 51.2 Å². The minimum Gasteiger partial charge on any atom is -0.459 e. The van der Waals surface area contributed by atoms with E-state index in [4.69, 9.17) is 9.73 Å². The molecule has 0 fully saturated rings. The fourth-order valence-electron chi connectivity index (χ4n) is 4.85. The summed E-state index contributed by atoms with van der Waals surface area (Å²) < 4.78 is 6.77. The molecule has 2 aliphatic heterocycles. The summed E-state index contributed by atoms with van der Waals surface area (Å²) in [7, 11) is 2.10. The molecule has 0 aromatic heterocycles. The van der Waals surface area contributed by atoms with Crippen LogP contribution in [0.15, 0.2) is 59.6 Å². The predicted molar refractivity (Wildman–Crippen MR) is 122 cm³/mol. The predicted octanol–water partition coefficient (Wildman–Crippen LogP) is 6.36. The van der Waals surface area contributed by atoms with Gasteiger partial charge in [-0.2, -0.15) is 0 Å². The highest BCUT2D eigenvalue weighted by Crippen LogP contribution is 2.54. The number of hydrogen-bond acceptors (Lipinski definition) is 3. The fraction of sp³-hybridized carbons (Fsp3) is 0.346. The van der Waals surface area contributed by atoms with Crippen molar-refractivity contribution in [3.05, 3.63) is 65.7 Å². The Bertz CT molecular complexity index is 1170. The number of benzene rings is 3. The molecule has 0 amide bonds. The van der Waals surface area contributed by atoms with Crippen LogP contribution in [0, 0.1) is 0 Å². The summed E-state index contributed by atoms with van der Waals surface area (Å²) in [6.45, 7) is 11.2. The Balaban J connectivity index is 1.65. The summed E-state index contributed by atoms with van der Waals surface area (Å²) in [5.41, 5.74) is 3.99. The number of likely N-dealkylation sites (N-methyl/N-ethyl adjacent to an activating group) is 1. The number of anilines is 1. The number of hydrogen-bond donors (Lipinski definition) is 0. The first-order chi connectivity index (χ1) is 13.6. The summed E-state index contributed by atoms with van der Waals surface area (Å²) in [6, 6.07) is 19.4. The molecule has 0 aliphatic carbocycles. The summed E-state index contributed by atoms with van der Waals surface area (Å²) in [5.74, 6) is 0.844. The Morgan fingerprint density at radius 1 is 0.966 bits per heavy atom. The van der Waals surface area contributed by atoms with Crippen molar-refractivity contribution in [3.8, 4) is 5.75 Å². The number of para-hydroxylation sites is 1. The minimum absolute atomic E-state index is 0.121. The number of fused-ring (bicyclic) bond motifs is 4. The second-order valence-corrected chi connectivity index (χ2v) is 9.86. The first-order valence-corrected chi connectivity index (χ1v) is 10.3. The van der Waals surface area contributed by atoms with Crippen LogP contribution >= 0.6 is 0 Å². The quantitative estimate of drug-likeness (QED) is 0.451. The van der Waals surface area contributed by atoms with Gasteiger partial charge >= 0.3 is 0 Å². The highest BCUT2D eigenvalue weighted by Gasteiger charge is 2.58. The SMILES string of the molecule is CN1c2ccccc2C(C)(C)C12C=Nc1c(ccc3cc(C(C)(C)C)ccc13)O2. The van der Waals surface area contributed by atoms with E-state index in [-0.39, 0.29) is 10.8 Å². The van der Waals surface area contributed by atoms with Gasteiger partial charge in [-0.3, -0.25) is 4.99 Å². The third kappa shape index (κ3) is 2.33. The molecule has 0 bridgehead atoms. The molecular weight excluding hydrogens is 356 g/mol. The van der Waals surface area contributed by atoms with Crippen molar-refractivity contribution >= 4 is 28.4 Å². The van der Waals surface area contributed by atoms with Crippen LogP contribution in [-0.2, 0) is 10.8 Å². The zero-order valence-corrected chi connectivity index (χ0v) is 18.1. The van der Waals surface area contributed by atoms with Crippen LogP contribution in [0.3, 0.4) is 0 Å². The van der Waals surface area contributed by atoms with Gasteiger partial charge in [0.05, 0.1) is 11.6 Å². The van der Waals surface area contributed by atoms with Gasteiger partial charge in [0.15, 0.2) is 0 Å². The molecule has 2 heterocycles. The molecule has 3 aromatic rings. The monoisotopic (exact) mass is 384 g/mol. The van der Waals surface area contributed by atoms with Gasteiger partial charge < -0.3 is 9.64 Å². The van der Waals surface area contributed by atoms with Crippen molar-refractivity contribution < 1.29 is 4.74 Å². The number of rotatable bonds is 0. The molecule has 3 heteroatoms. The Morgan fingerprint density at radius 3 is 2.45 bits per heavy atom. The van der Waals surface area contributed by atoms with Crippen molar-refractivity contribution in [3.63, 3.8) is 0 Å². The first-order valence-electron chi connectivity index (χ1n) is 10.3. The van der Waals surface area contributed by atoms with Gasteiger partial charge in [0.2, 0.25) is 5.72 Å². The van der Waals surface area contributed by atoms with E-state index in [9.17, 15) is 0 Å². The van der Waals surface area contributed by atoms with E-state index in [1.165, 1.54) is 22.2 Å². The third-order valence-electron chi connectivity index (χ3n) is 6.79. The molecule has 1 unspecified atom stereocenters. The number of nitrogens with zero attached hydrogens (tertiary/aromatic N) is 2. The molecule has 3 nitrogen and oxygen atoms in total. The minimum atomic E-state index is -0.636. The largest absolute Gasteiger partial charge is 0.459 e. The van der Waals surface area contributed by atoms with Gasteiger partial charge in [0.25, 0.3) is 0 Å². The molecular formula is C26H28N2O. The summed E-state index contributed by atoms with van der Waals surface area (Å²) in [5, 5.41) is 2.34. The number of aliphatic imine (C=N–C) groups is 1. The lowest BCUT2D eigenvalue weighted by atomic mass is 9.77. The van der Waals surface area contributed by atoms with Crippen molar-refractivity contribution in [1.82, 2.24) is 0 Å². The lowest BCUT2D eigenvalue weighted by Crippen LogP contribution is -2.61. The number of ether oxygens (including phenoxy) is 1. The van der Waals surface area contributed by atoms with E-state index in [1.54, 1.807) is 0 Å². The average molecular weight is 385 g/mol. The van der Waals surface area contributed by atoms with E-state index in [1.807, 2.05) is 6.21 Å². The molecule has 0 radical (unpaired) electrons. The van der Waals surface area contributed by atoms with Gasteiger partial charge in [0, 0.05) is 18.1 Å². The maximum atomic E-state index is 6.77. The summed E-state index contributed by atoms with van der Waals surface area (Å²) in [4.78, 5) is 7.21. The van der Waals surface area contributed by atoms with Crippen LogP contribution in [0.2, 0.25) is 0 Å². The standard InChI is InChI=1S/C26H28N2O/c1-24(2,3)18-12-13-19-17(15-18)11-14-22-23(19)27-16-26(29-22)25(4,5)20-9-7-8-10-21(20)28(26)6/h7-16H,1-6H3. The fourth-order valence-corrected chi connectivity index (χ4v) is 4.85. The van der Waals surface area contributed by atoms with Crippen LogP contribution in [0.1, 0.15) is 45.7 Å². The molecule has 0 saturated carbocycles. The highest BCUT2D eigenvalue weighted by atomic mass is 16.5. The first kappa shape index (κ1) is 18.2. The lowest BCUT2D eigenvalue weighted by molar-refractivity contribution is 0.0826. The van der Waals surface area contributed by atoms with E-state index >= 15 is 0 Å². The third-order valence-corrected chi connectivity index (χ3v) is 6.79. The van der Waals surface area contributed by atoms with Crippen molar-refractivity contribution in [2.24, 2.45) is 4.99 Å².